The van der Waals surface area contributed by atoms with Crippen molar-refractivity contribution in [2.45, 2.75) is 0 Å². The van der Waals surface area contributed by atoms with Crippen LogP contribution in [0.25, 0.3) is 142 Å². The smallest absolute Gasteiger partial charge is 0.238 e. The second kappa shape index (κ2) is 15.2. The van der Waals surface area contributed by atoms with Crippen LogP contribution in [0.2, 0.25) is 0 Å². The molecule has 0 saturated carbocycles. The van der Waals surface area contributed by atoms with Crippen LogP contribution >= 0.6 is 11.3 Å². The molecule has 0 atom stereocenters. The molecule has 0 fully saturated rings. The SMILES string of the molecule is c1ccc(-c2cc(-c3ccc4oc5cccc(-c6nc(-c7ccccc7)nc(-n7c8ccccc8c8ccc9c%10ccccc%10n(-c%10ccccc%10)c9c87)n6)c5c4c3)c3c(c2)sc2ccccc23)cc1. The molecule has 5 aromatic heterocycles. The number of para-hydroxylation sites is 3. The standard InChI is InChI=1S/C63H37N5OS/c1-4-17-38(18-5-1)41-36-49(58-47-25-12-15-30-55(47)70-56(58)37-41)40-31-34-53-50(35-40)57-48(26-16-29-54(57)69-53)62-64-61(39-19-6-2-7-20-39)65-63(66-62)68-52-28-14-11-24-44(52)46-33-32-45-43-23-10-13-27-51(43)67(59(45)60(46)68)42-21-8-3-9-22-42/h1-37H. The predicted molar refractivity (Wildman–Crippen MR) is 290 cm³/mol. The van der Waals surface area contributed by atoms with Gasteiger partial charge in [0.05, 0.1) is 22.1 Å². The van der Waals surface area contributed by atoms with Crippen LogP contribution in [-0.2, 0) is 0 Å². The molecule has 0 unspecified atom stereocenters. The van der Waals surface area contributed by atoms with E-state index in [4.69, 9.17) is 19.4 Å². The van der Waals surface area contributed by atoms with Gasteiger partial charge < -0.3 is 8.98 Å². The first-order valence-corrected chi connectivity index (χ1v) is 24.3. The monoisotopic (exact) mass is 911 g/mol. The number of furan rings is 1. The quantitative estimate of drug-likeness (QED) is 0.167. The van der Waals surface area contributed by atoms with Gasteiger partial charge in [-0.05, 0) is 82.9 Å². The maximum absolute atomic E-state index is 6.73. The van der Waals surface area contributed by atoms with E-state index >= 15 is 0 Å². The first kappa shape index (κ1) is 38.9. The Morgan fingerprint density at radius 3 is 1.73 bits per heavy atom. The lowest BCUT2D eigenvalue weighted by molar-refractivity contribution is 0.669. The zero-order chi connectivity index (χ0) is 45.9. The Kier molecular flexibility index (Phi) is 8.43. The minimum atomic E-state index is 0.530. The van der Waals surface area contributed by atoms with Gasteiger partial charge >= 0.3 is 0 Å². The van der Waals surface area contributed by atoms with Gasteiger partial charge in [-0.2, -0.15) is 9.97 Å². The molecule has 0 bridgehead atoms. The molecular formula is C63H37N5OS. The fourth-order valence-electron chi connectivity index (χ4n) is 10.9. The molecule has 70 heavy (non-hydrogen) atoms. The van der Waals surface area contributed by atoms with Gasteiger partial charge in [0, 0.05) is 69.3 Å². The Balaban J connectivity index is 1.01. The third-order valence-corrected chi connectivity index (χ3v) is 15.1. The number of fused-ring (bicyclic) bond motifs is 13. The van der Waals surface area contributed by atoms with E-state index in [0.717, 1.165) is 82.5 Å². The van der Waals surface area contributed by atoms with E-state index in [0.29, 0.717) is 17.6 Å². The molecule has 0 amide bonds. The number of benzene rings is 10. The molecule has 0 aliphatic carbocycles. The van der Waals surface area contributed by atoms with Gasteiger partial charge in [0.1, 0.15) is 11.2 Å². The molecule has 5 heterocycles. The highest BCUT2D eigenvalue weighted by atomic mass is 32.1. The molecule has 7 heteroatoms. The van der Waals surface area contributed by atoms with Crippen molar-refractivity contribution in [2.24, 2.45) is 0 Å². The van der Waals surface area contributed by atoms with Crippen LogP contribution in [0.5, 0.6) is 0 Å². The largest absolute Gasteiger partial charge is 0.456 e. The summed E-state index contributed by atoms with van der Waals surface area (Å²) < 4.78 is 13.9. The average molecular weight is 912 g/mol. The van der Waals surface area contributed by atoms with Crippen molar-refractivity contribution < 1.29 is 4.42 Å². The Morgan fingerprint density at radius 1 is 0.343 bits per heavy atom. The zero-order valence-corrected chi connectivity index (χ0v) is 38.2. The number of nitrogens with zero attached hydrogens (tertiary/aromatic N) is 5. The molecule has 0 radical (unpaired) electrons. The molecular weight excluding hydrogens is 875 g/mol. The van der Waals surface area contributed by atoms with Gasteiger partial charge in [-0.1, -0.05) is 164 Å². The number of hydrogen-bond donors (Lipinski definition) is 0. The Labute approximate surface area is 404 Å². The van der Waals surface area contributed by atoms with Crippen molar-refractivity contribution >= 4 is 97.1 Å². The second-order valence-corrected chi connectivity index (χ2v) is 19.0. The summed E-state index contributed by atoms with van der Waals surface area (Å²) in [6.07, 6.45) is 0. The minimum Gasteiger partial charge on any atom is -0.456 e. The van der Waals surface area contributed by atoms with Crippen molar-refractivity contribution in [1.82, 2.24) is 24.1 Å². The fraction of sp³-hybridized carbons (Fsp3) is 0. The van der Waals surface area contributed by atoms with E-state index in [1.165, 1.54) is 42.2 Å². The van der Waals surface area contributed by atoms with E-state index in [2.05, 4.69) is 203 Å². The number of rotatable bonds is 6. The molecule has 15 rings (SSSR count). The van der Waals surface area contributed by atoms with Crippen LogP contribution in [0, 0.1) is 0 Å². The molecule has 0 spiro atoms. The lowest BCUT2D eigenvalue weighted by atomic mass is 9.93. The summed E-state index contributed by atoms with van der Waals surface area (Å²) in [5.74, 6) is 1.67. The highest BCUT2D eigenvalue weighted by molar-refractivity contribution is 7.26. The van der Waals surface area contributed by atoms with E-state index in [9.17, 15) is 0 Å². The summed E-state index contributed by atoms with van der Waals surface area (Å²) in [6, 6.07) is 79.6. The first-order valence-electron chi connectivity index (χ1n) is 23.5. The average Bonchev–Trinajstić information content (AvgIpc) is 4.19. The van der Waals surface area contributed by atoms with Crippen molar-refractivity contribution in [1.29, 1.82) is 0 Å². The van der Waals surface area contributed by atoms with Crippen LogP contribution in [-0.4, -0.2) is 24.1 Å². The molecule has 10 aromatic carbocycles. The van der Waals surface area contributed by atoms with Gasteiger partial charge in [0.15, 0.2) is 11.6 Å². The van der Waals surface area contributed by atoms with Crippen LogP contribution < -0.4 is 0 Å². The number of aromatic nitrogens is 5. The first-order chi connectivity index (χ1) is 34.7. The zero-order valence-electron chi connectivity index (χ0n) is 37.4. The summed E-state index contributed by atoms with van der Waals surface area (Å²) >= 11 is 1.84. The van der Waals surface area contributed by atoms with Crippen molar-refractivity contribution in [2.75, 3.05) is 0 Å². The van der Waals surface area contributed by atoms with Crippen LogP contribution in [0.4, 0.5) is 0 Å². The maximum atomic E-state index is 6.73. The normalized spacial score (nSPS) is 12.0. The summed E-state index contributed by atoms with van der Waals surface area (Å²) in [5, 5.41) is 9.03. The van der Waals surface area contributed by atoms with Gasteiger partial charge in [0.2, 0.25) is 5.95 Å². The molecule has 0 aliphatic rings. The third kappa shape index (κ3) is 5.82. The Hall–Kier alpha value is -9.17. The van der Waals surface area contributed by atoms with Gasteiger partial charge in [-0.15, -0.1) is 11.3 Å². The van der Waals surface area contributed by atoms with Crippen LogP contribution in [0.15, 0.2) is 229 Å². The Morgan fingerprint density at radius 2 is 0.971 bits per heavy atom. The fourth-order valence-corrected chi connectivity index (χ4v) is 12.1. The van der Waals surface area contributed by atoms with Crippen molar-refractivity contribution in [3.63, 3.8) is 0 Å². The van der Waals surface area contributed by atoms with Crippen molar-refractivity contribution in [3.8, 4) is 56.7 Å². The third-order valence-electron chi connectivity index (χ3n) is 14.0. The minimum absolute atomic E-state index is 0.530. The molecule has 0 aliphatic heterocycles. The van der Waals surface area contributed by atoms with E-state index in [1.54, 1.807) is 0 Å². The predicted octanol–water partition coefficient (Wildman–Crippen LogP) is 17.0. The number of thiophene rings is 1. The second-order valence-electron chi connectivity index (χ2n) is 17.9. The molecule has 0 N–H and O–H groups in total. The lowest BCUT2D eigenvalue weighted by Crippen LogP contribution is -2.07. The highest BCUT2D eigenvalue weighted by Gasteiger charge is 2.25. The van der Waals surface area contributed by atoms with Gasteiger partial charge in [-0.3, -0.25) is 4.57 Å². The highest BCUT2D eigenvalue weighted by Crippen LogP contribution is 2.46. The van der Waals surface area contributed by atoms with E-state index in [-0.39, 0.29) is 0 Å². The van der Waals surface area contributed by atoms with E-state index in [1.807, 2.05) is 41.7 Å². The van der Waals surface area contributed by atoms with E-state index < -0.39 is 0 Å². The summed E-state index contributed by atoms with van der Waals surface area (Å²) in [4.78, 5) is 16.3. The molecule has 6 nitrogen and oxygen atoms in total. The summed E-state index contributed by atoms with van der Waals surface area (Å²) in [5.41, 5.74) is 13.3. The maximum Gasteiger partial charge on any atom is 0.238 e. The molecule has 326 valence electrons. The van der Waals surface area contributed by atoms with Gasteiger partial charge in [0.25, 0.3) is 0 Å². The van der Waals surface area contributed by atoms with Crippen LogP contribution in [0.3, 0.4) is 0 Å². The lowest BCUT2D eigenvalue weighted by Gasteiger charge is -2.13. The summed E-state index contributed by atoms with van der Waals surface area (Å²) in [6.45, 7) is 0. The number of hydrogen-bond acceptors (Lipinski definition) is 5. The van der Waals surface area contributed by atoms with Crippen molar-refractivity contribution in [3.05, 3.63) is 224 Å². The van der Waals surface area contributed by atoms with Crippen LogP contribution in [0.1, 0.15) is 0 Å². The summed E-state index contributed by atoms with van der Waals surface area (Å²) in [7, 11) is 0. The Bertz CT molecular complexity index is 4590. The van der Waals surface area contributed by atoms with Gasteiger partial charge in [-0.25, -0.2) is 4.98 Å². The topological polar surface area (TPSA) is 61.7 Å². The molecule has 15 aromatic rings. The molecule has 0 saturated heterocycles.